The van der Waals surface area contributed by atoms with Crippen LogP contribution >= 0.6 is 0 Å². The second-order valence-corrected chi connectivity index (χ2v) is 9.81. The minimum absolute atomic E-state index is 0.0402. The Morgan fingerprint density at radius 1 is 1.00 bits per heavy atom. The summed E-state index contributed by atoms with van der Waals surface area (Å²) in [5.41, 5.74) is 1.32. The number of nitrogens with zero attached hydrogens (tertiary/aromatic N) is 3. The van der Waals surface area contributed by atoms with E-state index in [0.717, 1.165) is 32.6 Å². The Kier molecular flexibility index (Phi) is 8.39. The fourth-order valence-electron chi connectivity index (χ4n) is 5.82. The number of amides is 1. The molecule has 1 amide bonds. The molecule has 0 spiro atoms. The van der Waals surface area contributed by atoms with Crippen LogP contribution in [0.2, 0.25) is 0 Å². The number of likely N-dealkylation sites (tertiary alicyclic amines) is 2. The molecule has 5 nitrogen and oxygen atoms in total. The highest BCUT2D eigenvalue weighted by Gasteiger charge is 2.39. The van der Waals surface area contributed by atoms with E-state index in [1.165, 1.54) is 55.2 Å². The summed E-state index contributed by atoms with van der Waals surface area (Å²) in [5, 5.41) is 6.53. The molecule has 0 unspecified atom stereocenters. The summed E-state index contributed by atoms with van der Waals surface area (Å²) < 4.78 is 0. The van der Waals surface area contributed by atoms with Crippen LogP contribution in [0.3, 0.4) is 0 Å². The number of benzene rings is 2. The number of hydrogen-bond donors (Lipinski definition) is 1. The van der Waals surface area contributed by atoms with Crippen molar-refractivity contribution in [2.45, 2.75) is 71.1 Å². The lowest BCUT2D eigenvalue weighted by atomic mass is 10.0. The lowest BCUT2D eigenvalue weighted by molar-refractivity contribution is -0.135. The molecular formula is C28H42N4O. The standard InChI is InChI=1S/C28H42N4O/c1-4-16-30-17-14-24(15-18-30)29-25-19-27(28(33)31(5-2)6-3)32(21-25)20-23-12-9-11-22-10-7-8-13-26(22)23/h7-13,24-25,27,29H,4-6,14-21H2,1-3H3/t25-,27-/m0/s1. The van der Waals surface area contributed by atoms with E-state index in [-0.39, 0.29) is 6.04 Å². The van der Waals surface area contributed by atoms with Crippen LogP contribution in [0, 0.1) is 0 Å². The predicted octanol–water partition coefficient (Wildman–Crippen LogP) is 4.12. The summed E-state index contributed by atoms with van der Waals surface area (Å²) in [6.45, 7) is 13.4. The third-order valence-electron chi connectivity index (χ3n) is 7.62. The molecule has 4 rings (SSSR count). The zero-order valence-corrected chi connectivity index (χ0v) is 20.8. The van der Waals surface area contributed by atoms with E-state index in [1.807, 2.05) is 4.90 Å². The average molecular weight is 451 g/mol. The quantitative estimate of drug-likeness (QED) is 0.624. The zero-order chi connectivity index (χ0) is 23.2. The van der Waals surface area contributed by atoms with E-state index in [2.05, 4.69) is 78.4 Å². The first kappa shape index (κ1) is 24.2. The Labute approximate surface area is 200 Å². The first-order chi connectivity index (χ1) is 16.1. The number of carbonyl (C=O) groups excluding carboxylic acids is 1. The molecule has 2 heterocycles. The highest BCUT2D eigenvalue weighted by molar-refractivity contribution is 5.86. The Balaban J connectivity index is 1.48. The van der Waals surface area contributed by atoms with Crippen molar-refractivity contribution in [1.29, 1.82) is 0 Å². The minimum atomic E-state index is -0.0402. The maximum absolute atomic E-state index is 13.5. The third-order valence-corrected chi connectivity index (χ3v) is 7.62. The molecule has 2 saturated heterocycles. The Bertz CT molecular complexity index is 898. The third kappa shape index (κ3) is 5.76. The Morgan fingerprint density at radius 2 is 1.73 bits per heavy atom. The van der Waals surface area contributed by atoms with E-state index in [4.69, 9.17) is 0 Å². The van der Waals surface area contributed by atoms with Crippen molar-refractivity contribution in [1.82, 2.24) is 20.0 Å². The molecule has 2 atom stereocenters. The molecule has 2 fully saturated rings. The van der Waals surface area contributed by atoms with Crippen molar-refractivity contribution < 1.29 is 4.79 Å². The maximum atomic E-state index is 13.5. The zero-order valence-electron chi connectivity index (χ0n) is 20.8. The van der Waals surface area contributed by atoms with Gasteiger partial charge in [-0.2, -0.15) is 0 Å². The summed E-state index contributed by atoms with van der Waals surface area (Å²) in [7, 11) is 0. The molecule has 2 aliphatic rings. The largest absolute Gasteiger partial charge is 0.342 e. The number of piperidine rings is 1. The van der Waals surface area contributed by atoms with Gasteiger partial charge in [0.25, 0.3) is 0 Å². The second kappa shape index (κ2) is 11.5. The van der Waals surface area contributed by atoms with E-state index < -0.39 is 0 Å². The smallest absolute Gasteiger partial charge is 0.239 e. The van der Waals surface area contributed by atoms with Gasteiger partial charge in [-0.3, -0.25) is 9.69 Å². The van der Waals surface area contributed by atoms with Crippen molar-refractivity contribution >= 4 is 16.7 Å². The van der Waals surface area contributed by atoms with E-state index >= 15 is 0 Å². The SMILES string of the molecule is CCCN1CCC(N[C@H]2C[C@@H](C(=O)N(CC)CC)N(Cc3cccc4ccccc34)C2)CC1. The van der Waals surface area contributed by atoms with Crippen molar-refractivity contribution in [2.75, 3.05) is 39.3 Å². The normalized spacial score (nSPS) is 22.8. The maximum Gasteiger partial charge on any atom is 0.239 e. The molecular weight excluding hydrogens is 408 g/mol. The number of hydrogen-bond acceptors (Lipinski definition) is 4. The van der Waals surface area contributed by atoms with E-state index in [9.17, 15) is 4.79 Å². The Morgan fingerprint density at radius 3 is 2.45 bits per heavy atom. The van der Waals surface area contributed by atoms with Gasteiger partial charge in [0, 0.05) is 38.3 Å². The molecule has 2 aromatic carbocycles. The molecule has 33 heavy (non-hydrogen) atoms. The van der Waals surface area contributed by atoms with Gasteiger partial charge in [-0.25, -0.2) is 0 Å². The molecule has 0 aromatic heterocycles. The number of likely N-dealkylation sites (N-methyl/N-ethyl adjacent to an activating group) is 1. The second-order valence-electron chi connectivity index (χ2n) is 9.81. The molecule has 0 bridgehead atoms. The summed E-state index contributed by atoms with van der Waals surface area (Å²) >= 11 is 0. The van der Waals surface area contributed by atoms with Crippen LogP contribution < -0.4 is 5.32 Å². The first-order valence-electron chi connectivity index (χ1n) is 13.1. The average Bonchev–Trinajstić information content (AvgIpc) is 3.23. The number of carbonyl (C=O) groups is 1. The van der Waals surface area contributed by atoms with Crippen LogP contribution in [0.5, 0.6) is 0 Å². The lowest BCUT2D eigenvalue weighted by Crippen LogP contribution is -2.47. The van der Waals surface area contributed by atoms with Crippen LogP contribution in [0.15, 0.2) is 42.5 Å². The summed E-state index contributed by atoms with van der Waals surface area (Å²) in [5.74, 6) is 0.294. The summed E-state index contributed by atoms with van der Waals surface area (Å²) in [6.07, 6.45) is 4.58. The summed E-state index contributed by atoms with van der Waals surface area (Å²) in [6, 6.07) is 16.1. The minimum Gasteiger partial charge on any atom is -0.342 e. The van der Waals surface area contributed by atoms with Crippen molar-refractivity contribution in [2.24, 2.45) is 0 Å². The number of fused-ring (bicyclic) bond motifs is 1. The van der Waals surface area contributed by atoms with Gasteiger partial charge >= 0.3 is 0 Å². The molecule has 1 N–H and O–H groups in total. The van der Waals surface area contributed by atoms with Crippen LogP contribution in [0.25, 0.3) is 10.8 Å². The molecule has 0 radical (unpaired) electrons. The van der Waals surface area contributed by atoms with Gasteiger partial charge in [0.2, 0.25) is 5.91 Å². The fraction of sp³-hybridized carbons (Fsp3) is 0.607. The van der Waals surface area contributed by atoms with Gasteiger partial charge < -0.3 is 15.1 Å². The monoisotopic (exact) mass is 450 g/mol. The molecule has 2 aromatic rings. The van der Waals surface area contributed by atoms with Crippen LogP contribution in [0.1, 0.15) is 52.0 Å². The van der Waals surface area contributed by atoms with Gasteiger partial charge in [0.1, 0.15) is 0 Å². The summed E-state index contributed by atoms with van der Waals surface area (Å²) in [4.78, 5) is 20.5. The van der Waals surface area contributed by atoms with Crippen LogP contribution in [0.4, 0.5) is 0 Å². The van der Waals surface area contributed by atoms with Crippen molar-refractivity contribution in [3.8, 4) is 0 Å². The molecule has 5 heteroatoms. The van der Waals surface area contributed by atoms with Crippen molar-refractivity contribution in [3.05, 3.63) is 48.0 Å². The molecule has 0 aliphatic carbocycles. The molecule has 180 valence electrons. The van der Waals surface area contributed by atoms with Crippen LogP contribution in [-0.4, -0.2) is 78.0 Å². The first-order valence-corrected chi connectivity index (χ1v) is 13.1. The number of rotatable bonds is 9. The predicted molar refractivity (Wildman–Crippen MR) is 137 cm³/mol. The highest BCUT2D eigenvalue weighted by Crippen LogP contribution is 2.27. The molecule has 2 aliphatic heterocycles. The Hall–Kier alpha value is -1.95. The van der Waals surface area contributed by atoms with Gasteiger partial charge in [-0.05, 0) is 75.5 Å². The van der Waals surface area contributed by atoms with E-state index in [0.29, 0.717) is 18.0 Å². The molecule has 0 saturated carbocycles. The highest BCUT2D eigenvalue weighted by atomic mass is 16.2. The van der Waals surface area contributed by atoms with Gasteiger partial charge in [-0.1, -0.05) is 49.4 Å². The van der Waals surface area contributed by atoms with Gasteiger partial charge in [0.05, 0.1) is 6.04 Å². The topological polar surface area (TPSA) is 38.8 Å². The lowest BCUT2D eigenvalue weighted by Gasteiger charge is -2.33. The van der Waals surface area contributed by atoms with Crippen LogP contribution in [-0.2, 0) is 11.3 Å². The van der Waals surface area contributed by atoms with Gasteiger partial charge in [0.15, 0.2) is 0 Å². The number of nitrogens with one attached hydrogen (secondary N) is 1. The fourth-order valence-corrected chi connectivity index (χ4v) is 5.82. The van der Waals surface area contributed by atoms with Crippen molar-refractivity contribution in [3.63, 3.8) is 0 Å². The van der Waals surface area contributed by atoms with E-state index in [1.54, 1.807) is 0 Å². The van der Waals surface area contributed by atoms with Gasteiger partial charge in [-0.15, -0.1) is 0 Å².